The molecule has 6 nitrogen and oxygen atoms in total. The van der Waals surface area contributed by atoms with Crippen molar-refractivity contribution in [2.45, 2.75) is 51.7 Å². The number of ether oxygens (including phenoxy) is 1. The molecule has 1 saturated carbocycles. The Morgan fingerprint density at radius 3 is 2.57 bits per heavy atom. The van der Waals surface area contributed by atoms with Gasteiger partial charge in [0.15, 0.2) is 5.96 Å². The molecule has 1 aliphatic carbocycles. The van der Waals surface area contributed by atoms with Crippen LogP contribution in [0.3, 0.4) is 0 Å². The molecule has 0 atom stereocenters. The Hall–Kier alpha value is -2.34. The Balaban J connectivity index is 1.48. The fraction of sp³-hybridized carbons (Fsp3) is 0.476. The van der Waals surface area contributed by atoms with Gasteiger partial charge in [0, 0.05) is 31.5 Å². The molecule has 1 aliphatic rings. The van der Waals surface area contributed by atoms with Gasteiger partial charge in [0.1, 0.15) is 11.3 Å². The van der Waals surface area contributed by atoms with E-state index in [0.29, 0.717) is 23.7 Å². The number of hydrogen-bond acceptors (Lipinski definition) is 4. The summed E-state index contributed by atoms with van der Waals surface area (Å²) in [7, 11) is 0. The molecule has 2 heterocycles. The highest BCUT2D eigenvalue weighted by atomic mass is 35.5. The topological polar surface area (TPSA) is 71.4 Å². The Labute approximate surface area is 171 Å². The van der Waals surface area contributed by atoms with Crippen molar-refractivity contribution in [3.63, 3.8) is 0 Å². The molecule has 0 aliphatic heterocycles. The predicted octanol–water partition coefficient (Wildman–Crippen LogP) is 3.75. The molecular formula is C21H28ClN5O. The summed E-state index contributed by atoms with van der Waals surface area (Å²) in [5.41, 5.74) is 2.19. The van der Waals surface area contributed by atoms with Crippen LogP contribution in [0.25, 0.3) is 0 Å². The van der Waals surface area contributed by atoms with Crippen LogP contribution < -0.4 is 15.4 Å². The zero-order valence-electron chi connectivity index (χ0n) is 16.3. The summed E-state index contributed by atoms with van der Waals surface area (Å²) in [4.78, 5) is 13.2. The zero-order chi connectivity index (χ0) is 19.6. The Morgan fingerprint density at radius 1 is 1.11 bits per heavy atom. The van der Waals surface area contributed by atoms with Gasteiger partial charge in [-0.05, 0) is 56.2 Å². The average Bonchev–Trinajstić information content (AvgIpc) is 3.22. The van der Waals surface area contributed by atoms with Crippen LogP contribution in [0.5, 0.6) is 5.88 Å². The number of pyridine rings is 2. The highest BCUT2D eigenvalue weighted by Gasteiger charge is 2.16. The average molecular weight is 402 g/mol. The van der Waals surface area contributed by atoms with Gasteiger partial charge >= 0.3 is 0 Å². The summed E-state index contributed by atoms with van der Waals surface area (Å²) in [6.07, 6.45) is 9.61. The maximum atomic E-state index is 5.91. The van der Waals surface area contributed by atoms with Crippen LogP contribution >= 0.6 is 11.6 Å². The number of guanidine groups is 1. The smallest absolute Gasteiger partial charge is 0.213 e. The van der Waals surface area contributed by atoms with Crippen molar-refractivity contribution in [3.05, 3.63) is 52.9 Å². The molecule has 0 bridgehead atoms. The lowest BCUT2D eigenvalue weighted by atomic mass is 10.2. The minimum atomic E-state index is 0.330. The highest BCUT2D eigenvalue weighted by Crippen LogP contribution is 2.22. The van der Waals surface area contributed by atoms with Crippen LogP contribution in [0.2, 0.25) is 5.15 Å². The summed E-state index contributed by atoms with van der Waals surface area (Å²) in [5.74, 6) is 1.50. The predicted molar refractivity (Wildman–Crippen MR) is 113 cm³/mol. The molecule has 0 unspecified atom stereocenters. The minimum absolute atomic E-state index is 0.330. The standard InChI is InChI=1S/C21H28ClN5O/c1-2-23-21(24-12-11-16-7-9-19(22)25-13-16)27-15-17-8-10-20(26-14-17)28-18-5-3-4-6-18/h7-10,13-14,18H,2-6,11-12,15H2,1H3,(H2,23,24,27). The van der Waals surface area contributed by atoms with Gasteiger partial charge in [0.05, 0.1) is 6.54 Å². The molecule has 7 heteroatoms. The first-order valence-electron chi connectivity index (χ1n) is 9.97. The van der Waals surface area contributed by atoms with Crippen LogP contribution in [-0.2, 0) is 13.0 Å². The zero-order valence-corrected chi connectivity index (χ0v) is 17.1. The molecule has 28 heavy (non-hydrogen) atoms. The second-order valence-electron chi connectivity index (χ2n) is 6.89. The maximum absolute atomic E-state index is 5.91. The fourth-order valence-corrected chi connectivity index (χ4v) is 3.25. The monoisotopic (exact) mass is 401 g/mol. The molecule has 0 aromatic carbocycles. The first-order chi connectivity index (χ1) is 13.7. The van der Waals surface area contributed by atoms with E-state index < -0.39 is 0 Å². The number of aliphatic imine (C=N–C) groups is 1. The second kappa shape index (κ2) is 10.9. The number of halogens is 1. The van der Waals surface area contributed by atoms with Crippen LogP contribution in [0.1, 0.15) is 43.7 Å². The van der Waals surface area contributed by atoms with E-state index in [2.05, 4.69) is 32.5 Å². The maximum Gasteiger partial charge on any atom is 0.213 e. The SMILES string of the molecule is CCNC(=NCc1ccc(OC2CCCC2)nc1)NCCc1ccc(Cl)nc1. The molecule has 0 radical (unpaired) electrons. The van der Waals surface area contributed by atoms with E-state index in [1.54, 1.807) is 6.20 Å². The van der Waals surface area contributed by atoms with Gasteiger partial charge in [0.2, 0.25) is 5.88 Å². The number of rotatable bonds is 8. The number of hydrogen-bond donors (Lipinski definition) is 2. The lowest BCUT2D eigenvalue weighted by Crippen LogP contribution is -2.38. The van der Waals surface area contributed by atoms with E-state index in [-0.39, 0.29) is 0 Å². The third-order valence-corrected chi connectivity index (χ3v) is 4.87. The van der Waals surface area contributed by atoms with Crippen LogP contribution in [0.15, 0.2) is 41.7 Å². The van der Waals surface area contributed by atoms with Crippen molar-refractivity contribution >= 4 is 17.6 Å². The van der Waals surface area contributed by atoms with E-state index in [9.17, 15) is 0 Å². The van der Waals surface area contributed by atoms with Gasteiger partial charge < -0.3 is 15.4 Å². The van der Waals surface area contributed by atoms with Gasteiger partial charge in [-0.1, -0.05) is 23.7 Å². The van der Waals surface area contributed by atoms with E-state index in [1.165, 1.54) is 12.8 Å². The highest BCUT2D eigenvalue weighted by molar-refractivity contribution is 6.29. The number of nitrogens with one attached hydrogen (secondary N) is 2. The Morgan fingerprint density at radius 2 is 1.89 bits per heavy atom. The Bertz CT molecular complexity index is 742. The van der Waals surface area contributed by atoms with E-state index >= 15 is 0 Å². The summed E-state index contributed by atoms with van der Waals surface area (Å²) in [6, 6.07) is 7.77. The summed E-state index contributed by atoms with van der Waals surface area (Å²) in [6.45, 7) is 4.19. The largest absolute Gasteiger partial charge is 0.474 e. The third kappa shape index (κ3) is 6.68. The van der Waals surface area contributed by atoms with Gasteiger partial charge in [-0.15, -0.1) is 0 Å². The quantitative estimate of drug-likeness (QED) is 0.400. The van der Waals surface area contributed by atoms with Crippen molar-refractivity contribution in [1.82, 2.24) is 20.6 Å². The first kappa shape index (κ1) is 20.4. The van der Waals surface area contributed by atoms with Gasteiger partial charge in [-0.3, -0.25) is 0 Å². The van der Waals surface area contributed by atoms with Crippen molar-refractivity contribution in [1.29, 1.82) is 0 Å². The van der Waals surface area contributed by atoms with Gasteiger partial charge in [-0.25, -0.2) is 15.0 Å². The van der Waals surface area contributed by atoms with Crippen molar-refractivity contribution < 1.29 is 4.74 Å². The molecule has 3 rings (SSSR count). The van der Waals surface area contributed by atoms with Crippen molar-refractivity contribution in [3.8, 4) is 5.88 Å². The normalized spacial score (nSPS) is 14.9. The van der Waals surface area contributed by atoms with Crippen molar-refractivity contribution in [2.75, 3.05) is 13.1 Å². The van der Waals surface area contributed by atoms with Gasteiger partial charge in [-0.2, -0.15) is 0 Å². The molecule has 1 fully saturated rings. The lowest BCUT2D eigenvalue weighted by Gasteiger charge is -2.12. The molecule has 0 spiro atoms. The molecular weight excluding hydrogens is 374 g/mol. The molecule has 2 aromatic heterocycles. The van der Waals surface area contributed by atoms with Crippen LogP contribution in [-0.4, -0.2) is 35.1 Å². The number of aromatic nitrogens is 2. The lowest BCUT2D eigenvalue weighted by molar-refractivity contribution is 0.201. The Kier molecular flexibility index (Phi) is 7.91. The van der Waals surface area contributed by atoms with E-state index in [1.807, 2.05) is 30.5 Å². The first-order valence-corrected chi connectivity index (χ1v) is 10.3. The van der Waals surface area contributed by atoms with Gasteiger partial charge in [0.25, 0.3) is 0 Å². The fourth-order valence-electron chi connectivity index (χ4n) is 3.14. The van der Waals surface area contributed by atoms with E-state index in [4.69, 9.17) is 16.3 Å². The number of nitrogens with zero attached hydrogens (tertiary/aromatic N) is 3. The minimum Gasteiger partial charge on any atom is -0.474 e. The second-order valence-corrected chi connectivity index (χ2v) is 7.28. The van der Waals surface area contributed by atoms with Crippen LogP contribution in [0.4, 0.5) is 0 Å². The molecule has 2 aromatic rings. The van der Waals surface area contributed by atoms with E-state index in [0.717, 1.165) is 49.4 Å². The summed E-state index contributed by atoms with van der Waals surface area (Å²) >= 11 is 5.82. The molecule has 0 saturated heterocycles. The molecule has 2 N–H and O–H groups in total. The molecule has 150 valence electrons. The van der Waals surface area contributed by atoms with Crippen LogP contribution in [0, 0.1) is 0 Å². The third-order valence-electron chi connectivity index (χ3n) is 4.65. The molecule has 0 amide bonds. The summed E-state index contributed by atoms with van der Waals surface area (Å²) < 4.78 is 5.91. The summed E-state index contributed by atoms with van der Waals surface area (Å²) in [5, 5.41) is 7.13. The van der Waals surface area contributed by atoms with Crippen molar-refractivity contribution in [2.24, 2.45) is 4.99 Å².